The van der Waals surface area contributed by atoms with Gasteiger partial charge in [-0.2, -0.15) is 0 Å². The monoisotopic (exact) mass is 163 g/mol. The molecule has 0 radical (unpaired) electrons. The van der Waals surface area contributed by atoms with Crippen LogP contribution >= 0.6 is 0 Å². The molecule has 0 aromatic carbocycles. The van der Waals surface area contributed by atoms with Gasteiger partial charge in [0, 0.05) is 6.54 Å². The summed E-state index contributed by atoms with van der Waals surface area (Å²) in [4.78, 5) is 1.09. The van der Waals surface area contributed by atoms with E-state index in [0.717, 1.165) is 24.2 Å². The fourth-order valence-electron chi connectivity index (χ4n) is 0.749. The second-order valence-electron chi connectivity index (χ2n) is 2.73. The van der Waals surface area contributed by atoms with Crippen molar-refractivity contribution in [3.63, 3.8) is 0 Å². The molecule has 0 unspecified atom stereocenters. The zero-order chi connectivity index (χ0) is 8.91. The van der Waals surface area contributed by atoms with Crippen molar-refractivity contribution in [2.45, 2.75) is 32.3 Å². The Morgan fingerprint density at radius 3 is 2.09 bits per heavy atom. The lowest BCUT2D eigenvalue weighted by atomic mass is 10.2. The van der Waals surface area contributed by atoms with Crippen LogP contribution in [0.5, 0.6) is 0 Å². The molecular weight excluding hydrogens is 146 g/mol. The number of hydrogen-bond donors (Lipinski definition) is 3. The zero-order valence-corrected chi connectivity index (χ0v) is 7.12. The molecule has 0 amide bonds. The second-order valence-corrected chi connectivity index (χ2v) is 2.73. The van der Waals surface area contributed by atoms with E-state index in [4.69, 9.17) is 15.3 Å². The Labute approximate surface area is 67.1 Å². The predicted molar refractivity (Wildman–Crippen MR) is 41.5 cm³/mol. The van der Waals surface area contributed by atoms with E-state index in [-0.39, 0.29) is 0 Å². The van der Waals surface area contributed by atoms with Crippen molar-refractivity contribution in [2.24, 2.45) is 0 Å². The molecule has 0 bridgehead atoms. The molecular formula is C7H17NO3. The smallest absolute Gasteiger partial charge is 0.330 e. The van der Waals surface area contributed by atoms with Crippen LogP contribution < -0.4 is 0 Å². The van der Waals surface area contributed by atoms with E-state index in [2.05, 4.69) is 6.92 Å². The van der Waals surface area contributed by atoms with Gasteiger partial charge in [0.15, 0.2) is 0 Å². The molecule has 0 saturated carbocycles. The largest absolute Gasteiger partial charge is 0.345 e. The number of rotatable bonds is 5. The van der Waals surface area contributed by atoms with Gasteiger partial charge < -0.3 is 15.3 Å². The Kier molecular flexibility index (Phi) is 4.60. The fraction of sp³-hybridized carbons (Fsp3) is 1.00. The molecule has 68 valence electrons. The van der Waals surface area contributed by atoms with Crippen LogP contribution in [0.25, 0.3) is 0 Å². The lowest BCUT2D eigenvalue weighted by Crippen LogP contribution is -2.46. The standard InChI is InChI=1S/C7H17NO3/c1-3-4-5-6-8(2)7(9,10)11/h9-11H,3-6H2,1-2H3. The lowest BCUT2D eigenvalue weighted by Gasteiger charge is -2.25. The van der Waals surface area contributed by atoms with E-state index < -0.39 is 6.10 Å². The number of hydrogen-bond acceptors (Lipinski definition) is 4. The molecule has 0 fully saturated rings. The number of aliphatic hydroxyl groups is 3. The molecule has 11 heavy (non-hydrogen) atoms. The minimum absolute atomic E-state index is 0.483. The highest BCUT2D eigenvalue weighted by molar-refractivity contribution is 4.51. The second kappa shape index (κ2) is 4.66. The summed E-state index contributed by atoms with van der Waals surface area (Å²) in [6.07, 6.45) is 0.299. The molecule has 0 atom stereocenters. The van der Waals surface area contributed by atoms with Gasteiger partial charge in [-0.05, 0) is 13.5 Å². The van der Waals surface area contributed by atoms with Crippen molar-refractivity contribution >= 4 is 0 Å². The molecule has 4 nitrogen and oxygen atoms in total. The Morgan fingerprint density at radius 1 is 1.18 bits per heavy atom. The average molecular weight is 163 g/mol. The zero-order valence-electron chi connectivity index (χ0n) is 7.12. The molecule has 0 aliphatic carbocycles. The Hall–Kier alpha value is -0.160. The highest BCUT2D eigenvalue weighted by atomic mass is 16.7. The van der Waals surface area contributed by atoms with E-state index in [9.17, 15) is 0 Å². The van der Waals surface area contributed by atoms with Gasteiger partial charge in [-0.25, -0.2) is 4.90 Å². The fourth-order valence-corrected chi connectivity index (χ4v) is 0.749. The first-order valence-corrected chi connectivity index (χ1v) is 3.86. The number of unbranched alkanes of at least 4 members (excludes halogenated alkanes) is 2. The first kappa shape index (κ1) is 10.8. The maximum Gasteiger partial charge on any atom is 0.345 e. The van der Waals surface area contributed by atoms with Crippen LogP contribution in [0.4, 0.5) is 0 Å². The average Bonchev–Trinajstić information content (AvgIpc) is 1.86. The summed E-state index contributed by atoms with van der Waals surface area (Å²) in [7, 11) is 1.45. The summed E-state index contributed by atoms with van der Waals surface area (Å²) in [6.45, 7) is 2.54. The van der Waals surface area contributed by atoms with Crippen LogP contribution in [0.1, 0.15) is 26.2 Å². The summed E-state index contributed by atoms with van der Waals surface area (Å²) >= 11 is 0. The first-order chi connectivity index (χ1) is 4.98. The normalized spacial score (nSPS) is 12.5. The molecule has 0 heterocycles. The minimum atomic E-state index is -2.66. The van der Waals surface area contributed by atoms with Crippen molar-refractivity contribution in [3.05, 3.63) is 0 Å². The first-order valence-electron chi connectivity index (χ1n) is 3.86. The van der Waals surface area contributed by atoms with Gasteiger partial charge in [0.1, 0.15) is 0 Å². The van der Waals surface area contributed by atoms with Crippen molar-refractivity contribution in [1.82, 2.24) is 4.90 Å². The summed E-state index contributed by atoms with van der Waals surface area (Å²) in [6, 6.07) is 0. The van der Waals surface area contributed by atoms with Gasteiger partial charge in [-0.1, -0.05) is 19.8 Å². The van der Waals surface area contributed by atoms with Gasteiger partial charge in [0.25, 0.3) is 0 Å². The van der Waals surface area contributed by atoms with E-state index >= 15 is 0 Å². The lowest BCUT2D eigenvalue weighted by molar-refractivity contribution is -0.387. The summed E-state index contributed by atoms with van der Waals surface area (Å²) in [5.41, 5.74) is 0. The highest BCUT2D eigenvalue weighted by Gasteiger charge is 2.23. The van der Waals surface area contributed by atoms with Gasteiger partial charge >= 0.3 is 6.10 Å². The van der Waals surface area contributed by atoms with E-state index in [1.54, 1.807) is 0 Å². The van der Waals surface area contributed by atoms with Gasteiger partial charge in [0.05, 0.1) is 0 Å². The van der Waals surface area contributed by atoms with Gasteiger partial charge in [-0.3, -0.25) is 0 Å². The SMILES string of the molecule is CCCCCN(C)C(O)(O)O. The quantitative estimate of drug-likeness (QED) is 0.384. The van der Waals surface area contributed by atoms with Crippen LogP contribution in [0.3, 0.4) is 0 Å². The predicted octanol–water partition coefficient (Wildman–Crippen LogP) is -0.303. The van der Waals surface area contributed by atoms with Crippen LogP contribution in [0.15, 0.2) is 0 Å². The Morgan fingerprint density at radius 2 is 1.73 bits per heavy atom. The minimum Gasteiger partial charge on any atom is -0.330 e. The molecule has 0 rings (SSSR count). The van der Waals surface area contributed by atoms with Gasteiger partial charge in [0.2, 0.25) is 0 Å². The van der Waals surface area contributed by atoms with Crippen molar-refractivity contribution in [2.75, 3.05) is 13.6 Å². The van der Waals surface area contributed by atoms with Crippen molar-refractivity contribution < 1.29 is 15.3 Å². The summed E-state index contributed by atoms with van der Waals surface area (Å²) in [5, 5.41) is 25.9. The highest BCUT2D eigenvalue weighted by Crippen LogP contribution is 2.03. The summed E-state index contributed by atoms with van der Waals surface area (Å²) < 4.78 is 0. The van der Waals surface area contributed by atoms with Crippen LogP contribution in [0, 0.1) is 0 Å². The van der Waals surface area contributed by atoms with E-state index in [1.807, 2.05) is 0 Å². The van der Waals surface area contributed by atoms with Crippen LogP contribution in [0.2, 0.25) is 0 Å². The van der Waals surface area contributed by atoms with Crippen LogP contribution in [-0.4, -0.2) is 39.9 Å². The van der Waals surface area contributed by atoms with E-state index in [0.29, 0.717) is 6.54 Å². The Bertz CT molecular complexity index is 100. The van der Waals surface area contributed by atoms with Crippen molar-refractivity contribution in [1.29, 1.82) is 0 Å². The molecule has 0 spiro atoms. The summed E-state index contributed by atoms with van der Waals surface area (Å²) in [5.74, 6) is 0. The molecule has 0 aromatic rings. The molecule has 4 heteroatoms. The molecule has 0 aromatic heterocycles. The molecule has 3 N–H and O–H groups in total. The topological polar surface area (TPSA) is 63.9 Å². The maximum absolute atomic E-state index is 8.62. The van der Waals surface area contributed by atoms with Crippen LogP contribution in [-0.2, 0) is 0 Å². The molecule has 0 aliphatic heterocycles. The van der Waals surface area contributed by atoms with E-state index in [1.165, 1.54) is 7.05 Å². The maximum atomic E-state index is 8.62. The third kappa shape index (κ3) is 5.15. The third-order valence-electron chi connectivity index (χ3n) is 1.61. The van der Waals surface area contributed by atoms with Gasteiger partial charge in [-0.15, -0.1) is 0 Å². The number of nitrogens with zero attached hydrogens (tertiary/aromatic N) is 1. The third-order valence-corrected chi connectivity index (χ3v) is 1.61. The molecule has 0 saturated heterocycles. The Balaban J connectivity index is 3.44. The molecule has 0 aliphatic rings. The van der Waals surface area contributed by atoms with Crippen molar-refractivity contribution in [3.8, 4) is 0 Å².